The van der Waals surface area contributed by atoms with Crippen LogP contribution in [0.15, 0.2) is 11.6 Å². The maximum atomic E-state index is 12.8. The largest absolute Gasteiger partial charge is 0.481 e. The Morgan fingerprint density at radius 1 is 0.882 bits per heavy atom. The summed E-state index contributed by atoms with van der Waals surface area (Å²) in [5, 5.41) is 32.4. The Morgan fingerprint density at radius 3 is 2.18 bits per heavy atom. The molecule has 0 aromatic rings. The number of rotatable bonds is 1. The smallest absolute Gasteiger partial charge is 0.310 e. The number of carbonyl (C=O) groups is 1. The first-order chi connectivity index (χ1) is 15.6. The van der Waals surface area contributed by atoms with Gasteiger partial charge < -0.3 is 15.3 Å². The predicted octanol–water partition coefficient (Wildman–Crippen LogP) is 6.20. The molecule has 0 aromatic heterocycles. The standard InChI is InChI=1S/C30H48O4/c1-25(2)12-14-30(24(33)34)15-13-28(6)18(19(30)16-25)8-9-22-27(5)17-20(31)23(32)26(3,4)21(27)10-11-29(22,28)7/h8,19-23,31-32H,9-17H2,1-7H3,(H,33,34)/t19-,20+,21+,22-,23+,27-,28+,29+,30-/m0/s1. The van der Waals surface area contributed by atoms with E-state index in [1.54, 1.807) is 0 Å². The van der Waals surface area contributed by atoms with E-state index in [1.807, 2.05) is 0 Å². The van der Waals surface area contributed by atoms with Crippen molar-refractivity contribution in [3.8, 4) is 0 Å². The Kier molecular flexibility index (Phi) is 5.20. The zero-order valence-corrected chi connectivity index (χ0v) is 22.6. The summed E-state index contributed by atoms with van der Waals surface area (Å²) in [6, 6.07) is 0. The van der Waals surface area contributed by atoms with Crippen molar-refractivity contribution in [2.45, 2.75) is 118 Å². The lowest BCUT2D eigenvalue weighted by molar-refractivity contribution is -0.231. The van der Waals surface area contributed by atoms with Crippen LogP contribution in [0.4, 0.5) is 0 Å². The molecule has 5 aliphatic rings. The van der Waals surface area contributed by atoms with Crippen molar-refractivity contribution in [1.29, 1.82) is 0 Å². The van der Waals surface area contributed by atoms with Gasteiger partial charge in [-0.15, -0.1) is 0 Å². The second-order valence-electron chi connectivity index (χ2n) is 15.2. The lowest BCUT2D eigenvalue weighted by atomic mass is 9.33. The quantitative estimate of drug-likeness (QED) is 0.397. The van der Waals surface area contributed by atoms with E-state index >= 15 is 0 Å². The van der Waals surface area contributed by atoms with Crippen LogP contribution in [0.25, 0.3) is 0 Å². The zero-order chi connectivity index (χ0) is 25.1. The molecule has 0 saturated heterocycles. The number of fused-ring (bicyclic) bond motifs is 7. The molecule has 5 rings (SSSR count). The maximum Gasteiger partial charge on any atom is 0.310 e. The van der Waals surface area contributed by atoms with Crippen molar-refractivity contribution in [1.82, 2.24) is 0 Å². The van der Waals surface area contributed by atoms with E-state index in [9.17, 15) is 20.1 Å². The third kappa shape index (κ3) is 2.88. The summed E-state index contributed by atoms with van der Waals surface area (Å²) in [6.07, 6.45) is 9.45. The highest BCUT2D eigenvalue weighted by molar-refractivity contribution is 5.76. The number of aliphatic hydroxyl groups is 2. The summed E-state index contributed by atoms with van der Waals surface area (Å²) in [6.45, 7) is 16.3. The number of carboxylic acids is 1. The lowest BCUT2D eigenvalue weighted by Crippen LogP contribution is -2.67. The second kappa shape index (κ2) is 7.12. The number of hydrogen-bond acceptors (Lipinski definition) is 3. The summed E-state index contributed by atoms with van der Waals surface area (Å²) in [7, 11) is 0. The van der Waals surface area contributed by atoms with Crippen LogP contribution in [0.2, 0.25) is 0 Å². The van der Waals surface area contributed by atoms with Crippen LogP contribution in [0, 0.1) is 50.2 Å². The van der Waals surface area contributed by atoms with Gasteiger partial charge in [0, 0.05) is 0 Å². The molecule has 4 saturated carbocycles. The fourth-order valence-corrected chi connectivity index (χ4v) is 10.8. The molecule has 0 aliphatic heterocycles. The molecule has 0 amide bonds. The average Bonchev–Trinajstić information content (AvgIpc) is 2.72. The van der Waals surface area contributed by atoms with Crippen molar-refractivity contribution in [3.63, 3.8) is 0 Å². The fourth-order valence-electron chi connectivity index (χ4n) is 10.8. The van der Waals surface area contributed by atoms with Crippen molar-refractivity contribution < 1.29 is 20.1 Å². The minimum atomic E-state index is -0.679. The van der Waals surface area contributed by atoms with Crippen LogP contribution in [-0.4, -0.2) is 33.5 Å². The maximum absolute atomic E-state index is 12.8. The monoisotopic (exact) mass is 472 g/mol. The molecule has 0 bridgehead atoms. The molecule has 192 valence electrons. The van der Waals surface area contributed by atoms with Gasteiger partial charge in [-0.05, 0) is 103 Å². The fraction of sp³-hybridized carbons (Fsp3) is 0.900. The highest BCUT2D eigenvalue weighted by Crippen LogP contribution is 2.75. The molecule has 0 spiro atoms. The van der Waals surface area contributed by atoms with Gasteiger partial charge in [0.05, 0.1) is 17.6 Å². The van der Waals surface area contributed by atoms with Crippen molar-refractivity contribution in [2.75, 3.05) is 0 Å². The van der Waals surface area contributed by atoms with Crippen molar-refractivity contribution in [2.24, 2.45) is 50.2 Å². The topological polar surface area (TPSA) is 77.8 Å². The molecule has 0 radical (unpaired) electrons. The predicted molar refractivity (Wildman–Crippen MR) is 134 cm³/mol. The minimum absolute atomic E-state index is 0.00785. The first kappa shape index (κ1) is 24.8. The van der Waals surface area contributed by atoms with Gasteiger partial charge in [0.1, 0.15) is 0 Å². The molecule has 4 nitrogen and oxygen atoms in total. The molecule has 34 heavy (non-hydrogen) atoms. The van der Waals surface area contributed by atoms with E-state index in [4.69, 9.17) is 0 Å². The molecule has 0 heterocycles. The Morgan fingerprint density at radius 2 is 1.53 bits per heavy atom. The Hall–Kier alpha value is -0.870. The van der Waals surface area contributed by atoms with E-state index < -0.39 is 23.6 Å². The number of hydrogen-bond donors (Lipinski definition) is 3. The highest BCUT2D eigenvalue weighted by atomic mass is 16.4. The first-order valence-corrected chi connectivity index (χ1v) is 13.9. The van der Waals surface area contributed by atoms with Gasteiger partial charge in [-0.25, -0.2) is 0 Å². The second-order valence-corrected chi connectivity index (χ2v) is 15.2. The number of aliphatic hydroxyl groups excluding tert-OH is 2. The van der Waals surface area contributed by atoms with Gasteiger partial charge in [0.2, 0.25) is 0 Å². The van der Waals surface area contributed by atoms with Crippen LogP contribution in [0.5, 0.6) is 0 Å². The van der Waals surface area contributed by atoms with E-state index in [1.165, 1.54) is 5.57 Å². The third-order valence-electron chi connectivity index (χ3n) is 13.0. The van der Waals surface area contributed by atoms with Gasteiger partial charge in [0.15, 0.2) is 0 Å². The molecule has 4 heteroatoms. The average molecular weight is 473 g/mol. The minimum Gasteiger partial charge on any atom is -0.481 e. The van der Waals surface area contributed by atoms with Gasteiger partial charge >= 0.3 is 5.97 Å². The molecule has 9 atom stereocenters. The molecule has 0 unspecified atom stereocenters. The van der Waals surface area contributed by atoms with Crippen LogP contribution < -0.4 is 0 Å². The molecule has 5 aliphatic carbocycles. The number of carboxylic acid groups (broad SMARTS) is 1. The van der Waals surface area contributed by atoms with Gasteiger partial charge in [0.25, 0.3) is 0 Å². The van der Waals surface area contributed by atoms with E-state index in [2.05, 4.69) is 54.5 Å². The van der Waals surface area contributed by atoms with Crippen LogP contribution >= 0.6 is 0 Å². The lowest BCUT2D eigenvalue weighted by Gasteiger charge is -2.71. The molecule has 4 fully saturated rings. The van der Waals surface area contributed by atoms with E-state index in [-0.39, 0.29) is 33.0 Å². The van der Waals surface area contributed by atoms with Gasteiger partial charge in [-0.1, -0.05) is 60.1 Å². The number of aliphatic carboxylic acids is 1. The van der Waals surface area contributed by atoms with Gasteiger partial charge in [-0.3, -0.25) is 4.79 Å². The van der Waals surface area contributed by atoms with Crippen LogP contribution in [0.1, 0.15) is 106 Å². The summed E-state index contributed by atoms with van der Waals surface area (Å²) in [5.41, 5.74) is 0.754. The van der Waals surface area contributed by atoms with Crippen molar-refractivity contribution >= 4 is 5.97 Å². The number of allylic oxidation sites excluding steroid dienone is 2. The van der Waals surface area contributed by atoms with Gasteiger partial charge in [-0.2, -0.15) is 0 Å². The highest BCUT2D eigenvalue weighted by Gasteiger charge is 2.70. The molecular formula is C30H48O4. The van der Waals surface area contributed by atoms with E-state index in [0.717, 1.165) is 51.4 Å². The normalized spacial score (nSPS) is 53.4. The Bertz CT molecular complexity index is 919. The third-order valence-corrected chi connectivity index (χ3v) is 13.0. The summed E-state index contributed by atoms with van der Waals surface area (Å²) in [4.78, 5) is 12.8. The van der Waals surface area contributed by atoms with Crippen LogP contribution in [0.3, 0.4) is 0 Å². The molecule has 3 N–H and O–H groups in total. The Balaban J connectivity index is 1.61. The van der Waals surface area contributed by atoms with Crippen molar-refractivity contribution in [3.05, 3.63) is 11.6 Å². The summed E-state index contributed by atoms with van der Waals surface area (Å²) < 4.78 is 0. The van der Waals surface area contributed by atoms with Crippen LogP contribution in [-0.2, 0) is 4.79 Å². The first-order valence-electron chi connectivity index (χ1n) is 13.9. The zero-order valence-electron chi connectivity index (χ0n) is 22.6. The summed E-state index contributed by atoms with van der Waals surface area (Å²) >= 11 is 0. The Labute approximate surface area is 206 Å². The SMILES string of the molecule is CC1(C)CC[C@]2(C(=O)O)CC[C@]3(C)C(=CC[C@H]4[C@@]5(C)C[C@@H](O)[C@@H](O)C(C)(C)[C@H]5CC[C@]43C)[C@@H]2C1. The molecule has 0 aromatic carbocycles. The molecular weight excluding hydrogens is 424 g/mol. The van der Waals surface area contributed by atoms with E-state index in [0.29, 0.717) is 18.3 Å². The summed E-state index contributed by atoms with van der Waals surface area (Å²) in [5.74, 6) is 0.365.